The minimum absolute atomic E-state index is 0.115. The molecule has 0 radical (unpaired) electrons. The van der Waals surface area contributed by atoms with Crippen molar-refractivity contribution in [1.29, 1.82) is 0 Å². The molecule has 1 saturated carbocycles. The van der Waals surface area contributed by atoms with E-state index < -0.39 is 10.3 Å². The molecule has 10 heteroatoms. The molecular weight excluding hydrogens is 483 g/mol. The Morgan fingerprint density at radius 3 is 2.36 bits per heavy atom. The van der Waals surface area contributed by atoms with Crippen molar-refractivity contribution in [3.63, 3.8) is 0 Å². The first-order valence-corrected chi connectivity index (χ1v) is 14.2. The maximum Gasteiger partial charge on any atom is 0.333 e. The predicted molar refractivity (Wildman–Crippen MR) is 139 cm³/mol. The van der Waals surface area contributed by atoms with Gasteiger partial charge in [0.1, 0.15) is 19.5 Å². The number of aromatic nitrogens is 1. The summed E-state index contributed by atoms with van der Waals surface area (Å²) in [4.78, 5) is 7.49. The van der Waals surface area contributed by atoms with Gasteiger partial charge in [0, 0.05) is 41.6 Å². The smallest absolute Gasteiger partial charge is 0.333 e. The van der Waals surface area contributed by atoms with E-state index in [1.165, 1.54) is 51.1 Å². The average Bonchev–Trinajstić information content (AvgIpc) is 3.13. The first-order chi connectivity index (χ1) is 17.0. The van der Waals surface area contributed by atoms with Crippen molar-refractivity contribution in [1.82, 2.24) is 9.47 Å². The Bertz CT molecular complexity index is 1190. The largest absolute Gasteiger partial charge is 0.399 e. The number of halogens is 1. The molecule has 2 heterocycles. The van der Waals surface area contributed by atoms with Gasteiger partial charge < -0.3 is 14.3 Å². The number of fused-ring (bicyclic) bond motifs is 1. The fourth-order valence-corrected chi connectivity index (χ4v) is 6.41. The van der Waals surface area contributed by atoms with Crippen LogP contribution in [0.3, 0.4) is 0 Å². The normalized spacial score (nSPS) is 23.1. The third-order valence-corrected chi connectivity index (χ3v) is 8.51. The topological polar surface area (TPSA) is 99.1 Å². The molecule has 1 aliphatic heterocycles. The van der Waals surface area contributed by atoms with Crippen molar-refractivity contribution in [2.24, 2.45) is 21.6 Å². The minimum atomic E-state index is -4.16. The predicted octanol–water partition coefficient (Wildman–Crippen LogP) is 4.72. The lowest BCUT2D eigenvalue weighted by Crippen LogP contribution is -2.44. The van der Waals surface area contributed by atoms with Gasteiger partial charge in [0.15, 0.2) is 0 Å². The monoisotopic (exact) mass is 522 g/mol. The fraction of sp³-hybridized carbons (Fsp3) is 0.654. The first-order valence-electron chi connectivity index (χ1n) is 12.8. The number of nitrogens with zero attached hydrogens (tertiary/aromatic N) is 3. The number of likely N-dealkylation sites (tertiary alicyclic amines) is 1. The van der Waals surface area contributed by atoms with E-state index in [2.05, 4.69) is 35.4 Å². The van der Waals surface area contributed by atoms with E-state index in [0.717, 1.165) is 37.4 Å². The van der Waals surface area contributed by atoms with Crippen molar-refractivity contribution >= 4 is 27.4 Å². The van der Waals surface area contributed by atoms with Crippen LogP contribution in [0, 0.1) is 17.2 Å². The van der Waals surface area contributed by atoms with Gasteiger partial charge in [-0.2, -0.15) is 8.42 Å². The standard InChI is InChI=1S/C26H39FN4O4S/c1-26(2,3)18-5-8-20(9-6-18)30-13-11-21(12-14-30)31-24-10-7-19(27)15-22(24)23(16-29-34-4)25(31)17-35-36(28,32)33/h7,10,15-16,18,20-21H,5-6,8-9,11-14,17H2,1-4H3,(H2,28,32,33)/b29-16-. The molecule has 200 valence electrons. The molecule has 1 saturated heterocycles. The summed E-state index contributed by atoms with van der Waals surface area (Å²) in [5.41, 5.74) is 2.34. The maximum absolute atomic E-state index is 14.2. The van der Waals surface area contributed by atoms with Gasteiger partial charge >= 0.3 is 10.3 Å². The molecule has 1 aliphatic carbocycles. The third-order valence-electron chi connectivity index (χ3n) is 8.06. The van der Waals surface area contributed by atoms with E-state index in [4.69, 9.17) is 14.2 Å². The molecule has 2 aromatic rings. The Morgan fingerprint density at radius 2 is 1.78 bits per heavy atom. The Morgan fingerprint density at radius 1 is 1.11 bits per heavy atom. The maximum atomic E-state index is 14.2. The number of piperidine rings is 1. The summed E-state index contributed by atoms with van der Waals surface area (Å²) >= 11 is 0. The highest BCUT2D eigenvalue weighted by atomic mass is 32.2. The summed E-state index contributed by atoms with van der Waals surface area (Å²) in [6, 6.07) is 5.32. The van der Waals surface area contributed by atoms with Crippen LogP contribution in [-0.2, 0) is 25.9 Å². The van der Waals surface area contributed by atoms with E-state index in [1.807, 2.05) is 0 Å². The van der Waals surface area contributed by atoms with Gasteiger partial charge in [-0.3, -0.25) is 4.18 Å². The molecule has 1 aromatic carbocycles. The number of hydrogen-bond donors (Lipinski definition) is 1. The highest BCUT2D eigenvalue weighted by Crippen LogP contribution is 2.41. The van der Waals surface area contributed by atoms with E-state index in [9.17, 15) is 12.8 Å². The van der Waals surface area contributed by atoms with Crippen molar-refractivity contribution in [2.75, 3.05) is 20.2 Å². The molecule has 0 unspecified atom stereocenters. The molecular formula is C26H39FN4O4S. The van der Waals surface area contributed by atoms with Crippen molar-refractivity contribution < 1.29 is 21.8 Å². The van der Waals surface area contributed by atoms with Crippen LogP contribution in [-0.4, -0.2) is 50.3 Å². The van der Waals surface area contributed by atoms with Crippen LogP contribution < -0.4 is 5.14 Å². The highest BCUT2D eigenvalue weighted by Gasteiger charge is 2.34. The summed E-state index contributed by atoms with van der Waals surface area (Å²) in [7, 11) is -2.74. The molecule has 2 fully saturated rings. The van der Waals surface area contributed by atoms with Crippen LogP contribution in [0.4, 0.5) is 4.39 Å². The van der Waals surface area contributed by atoms with Gasteiger partial charge in [0.25, 0.3) is 0 Å². The molecule has 0 amide bonds. The van der Waals surface area contributed by atoms with Gasteiger partial charge in [-0.15, -0.1) is 0 Å². The van der Waals surface area contributed by atoms with Crippen molar-refractivity contribution in [2.45, 2.75) is 78.0 Å². The zero-order valence-electron chi connectivity index (χ0n) is 21.7. The van der Waals surface area contributed by atoms with Crippen LogP contribution in [0.2, 0.25) is 0 Å². The first kappa shape index (κ1) is 27.0. The van der Waals surface area contributed by atoms with Crippen LogP contribution >= 0.6 is 0 Å². The second-order valence-electron chi connectivity index (χ2n) is 11.2. The van der Waals surface area contributed by atoms with Crippen molar-refractivity contribution in [3.05, 3.63) is 35.3 Å². The highest BCUT2D eigenvalue weighted by molar-refractivity contribution is 7.84. The molecule has 1 aromatic heterocycles. The van der Waals surface area contributed by atoms with Crippen molar-refractivity contribution in [3.8, 4) is 0 Å². The van der Waals surface area contributed by atoms with Crippen LogP contribution in [0.5, 0.6) is 0 Å². The van der Waals surface area contributed by atoms with Gasteiger partial charge in [0.05, 0.1) is 11.9 Å². The third kappa shape index (κ3) is 6.10. The summed E-state index contributed by atoms with van der Waals surface area (Å²) in [6.07, 6.45) is 8.32. The molecule has 0 bridgehead atoms. The summed E-state index contributed by atoms with van der Waals surface area (Å²) < 4.78 is 44.5. The number of oxime groups is 1. The second kappa shape index (κ2) is 10.8. The van der Waals surface area contributed by atoms with Gasteiger partial charge in [0.2, 0.25) is 0 Å². The molecule has 4 rings (SSSR count). The Hall–Kier alpha value is -2.01. The molecule has 0 atom stereocenters. The average molecular weight is 523 g/mol. The summed E-state index contributed by atoms with van der Waals surface area (Å²) in [6.45, 7) is 8.71. The summed E-state index contributed by atoms with van der Waals surface area (Å²) in [5, 5.41) is 9.64. The number of benzene rings is 1. The van der Waals surface area contributed by atoms with Crippen LogP contribution in [0.25, 0.3) is 10.9 Å². The zero-order valence-corrected chi connectivity index (χ0v) is 22.6. The lowest BCUT2D eigenvalue weighted by Gasteiger charge is -2.43. The van der Waals surface area contributed by atoms with Crippen LogP contribution in [0.1, 0.15) is 76.6 Å². The molecule has 36 heavy (non-hydrogen) atoms. The number of nitrogens with two attached hydrogens (primary N) is 1. The van der Waals surface area contributed by atoms with E-state index in [-0.39, 0.29) is 18.5 Å². The molecule has 8 nitrogen and oxygen atoms in total. The Balaban J connectivity index is 1.58. The Kier molecular flexibility index (Phi) is 8.09. The van der Waals surface area contributed by atoms with Gasteiger partial charge in [-0.1, -0.05) is 25.9 Å². The van der Waals surface area contributed by atoms with E-state index in [0.29, 0.717) is 28.1 Å². The van der Waals surface area contributed by atoms with E-state index in [1.54, 1.807) is 6.07 Å². The summed E-state index contributed by atoms with van der Waals surface area (Å²) in [5.74, 6) is 0.401. The lowest BCUT2D eigenvalue weighted by atomic mass is 9.71. The molecule has 0 spiro atoms. The molecule has 2 N–H and O–H groups in total. The lowest BCUT2D eigenvalue weighted by molar-refractivity contribution is 0.0716. The molecule has 2 aliphatic rings. The van der Waals surface area contributed by atoms with Crippen LogP contribution in [0.15, 0.2) is 23.4 Å². The number of hydrogen-bond acceptors (Lipinski definition) is 6. The van der Waals surface area contributed by atoms with Gasteiger partial charge in [-0.05, 0) is 68.1 Å². The fourth-order valence-electron chi connectivity index (χ4n) is 6.13. The van der Waals surface area contributed by atoms with Gasteiger partial charge in [-0.25, -0.2) is 9.53 Å². The zero-order chi connectivity index (χ0) is 26.1. The number of rotatable bonds is 7. The second-order valence-corrected chi connectivity index (χ2v) is 12.4. The Labute approximate surface area is 213 Å². The quantitative estimate of drug-likeness (QED) is 0.419. The van der Waals surface area contributed by atoms with E-state index >= 15 is 0 Å². The minimum Gasteiger partial charge on any atom is -0.399 e. The SMILES string of the molecule is CO/N=C\c1c(COS(N)(=O)=O)n(C2CCN(C3CCC(C(C)(C)C)CC3)CC2)c2ccc(F)cc12.